The van der Waals surface area contributed by atoms with Gasteiger partial charge in [0.15, 0.2) is 0 Å². The van der Waals surface area contributed by atoms with Crippen LogP contribution in [0, 0.1) is 0 Å². The third-order valence-corrected chi connectivity index (χ3v) is 3.75. The fourth-order valence-electron chi connectivity index (χ4n) is 2.33. The Morgan fingerprint density at radius 3 is 2.52 bits per heavy atom. The van der Waals surface area contributed by atoms with Gasteiger partial charge in [0.25, 0.3) is 11.8 Å². The van der Waals surface area contributed by atoms with E-state index in [2.05, 4.69) is 20.7 Å². The van der Waals surface area contributed by atoms with E-state index in [1.807, 2.05) is 54.6 Å². The first-order chi connectivity index (χ1) is 13.2. The molecule has 2 aromatic carbocycles. The maximum Gasteiger partial charge on any atom is 0.277 e. The number of carbonyl (C=O) groups excluding carboxylic acids is 1. The zero-order valence-electron chi connectivity index (χ0n) is 15.0. The minimum atomic E-state index is -0.387. The first-order valence-corrected chi connectivity index (χ1v) is 8.21. The molecule has 0 unspecified atom stereocenters. The van der Waals surface area contributed by atoms with Crippen molar-refractivity contribution in [3.05, 3.63) is 71.4 Å². The van der Waals surface area contributed by atoms with Gasteiger partial charge in [0.05, 0.1) is 20.4 Å². The monoisotopic (exact) mass is 365 g/mol. The zero-order valence-corrected chi connectivity index (χ0v) is 15.0. The summed E-state index contributed by atoms with van der Waals surface area (Å²) in [6.45, 7) is 0.380. The highest BCUT2D eigenvalue weighted by atomic mass is 16.5. The fraction of sp³-hybridized carbons (Fsp3) is 0.158. The summed E-state index contributed by atoms with van der Waals surface area (Å²) in [5, 5.41) is 14.7. The topological polar surface area (TPSA) is 90.6 Å². The molecule has 138 valence electrons. The molecule has 0 spiro atoms. The van der Waals surface area contributed by atoms with Crippen LogP contribution in [-0.2, 0) is 6.54 Å². The van der Waals surface area contributed by atoms with Gasteiger partial charge < -0.3 is 14.8 Å². The van der Waals surface area contributed by atoms with Gasteiger partial charge in [-0.05, 0) is 40.6 Å². The number of ether oxygens (including phenoxy) is 2. The van der Waals surface area contributed by atoms with Crippen LogP contribution >= 0.6 is 0 Å². The first-order valence-electron chi connectivity index (χ1n) is 8.21. The number of hydrogen-bond donors (Lipinski definition) is 1. The van der Waals surface area contributed by atoms with Crippen molar-refractivity contribution in [2.75, 3.05) is 14.2 Å². The van der Waals surface area contributed by atoms with Gasteiger partial charge in [0, 0.05) is 6.54 Å². The van der Waals surface area contributed by atoms with Crippen molar-refractivity contribution in [1.82, 2.24) is 20.4 Å². The molecule has 0 saturated heterocycles. The highest BCUT2D eigenvalue weighted by Gasteiger charge is 2.20. The molecule has 1 heterocycles. The molecule has 8 nitrogen and oxygen atoms in total. The molecular formula is C19H19N5O3. The highest BCUT2D eigenvalue weighted by Crippen LogP contribution is 2.15. The Kier molecular flexibility index (Phi) is 5.78. The van der Waals surface area contributed by atoms with Crippen LogP contribution in [0.25, 0.3) is 0 Å². The third kappa shape index (κ3) is 4.49. The third-order valence-electron chi connectivity index (χ3n) is 3.75. The normalized spacial score (nSPS) is 10.7. The van der Waals surface area contributed by atoms with Crippen molar-refractivity contribution in [1.29, 1.82) is 0 Å². The molecule has 3 rings (SSSR count). The summed E-state index contributed by atoms with van der Waals surface area (Å²) in [6.07, 6.45) is 1.59. The van der Waals surface area contributed by atoms with E-state index in [0.29, 0.717) is 6.54 Å². The highest BCUT2D eigenvalue weighted by molar-refractivity contribution is 5.94. The lowest BCUT2D eigenvalue weighted by Gasteiger charge is -2.05. The van der Waals surface area contributed by atoms with Gasteiger partial charge in [0.2, 0.25) is 5.69 Å². The Balaban J connectivity index is 1.71. The smallest absolute Gasteiger partial charge is 0.277 e. The largest absolute Gasteiger partial charge is 0.497 e. The summed E-state index contributed by atoms with van der Waals surface area (Å²) in [5.74, 6) is 0.523. The second-order valence-corrected chi connectivity index (χ2v) is 5.52. The number of nitrogens with one attached hydrogen (secondary N) is 1. The number of hydrogen-bond acceptors (Lipinski definition) is 6. The molecule has 8 heteroatoms. The lowest BCUT2D eigenvalue weighted by atomic mass is 10.2. The minimum Gasteiger partial charge on any atom is -0.497 e. The zero-order chi connectivity index (χ0) is 19.1. The van der Waals surface area contributed by atoms with E-state index in [9.17, 15) is 4.79 Å². The molecule has 0 radical (unpaired) electrons. The molecule has 27 heavy (non-hydrogen) atoms. The van der Waals surface area contributed by atoms with Gasteiger partial charge >= 0.3 is 0 Å². The Morgan fingerprint density at radius 2 is 1.85 bits per heavy atom. The van der Waals surface area contributed by atoms with E-state index in [0.717, 1.165) is 16.9 Å². The maximum absolute atomic E-state index is 12.4. The quantitative estimate of drug-likeness (QED) is 0.648. The van der Waals surface area contributed by atoms with Gasteiger partial charge in [-0.3, -0.25) is 4.79 Å². The van der Waals surface area contributed by atoms with Crippen LogP contribution in [0.4, 0.5) is 0 Å². The average molecular weight is 365 g/mol. The number of nitrogens with zero attached hydrogens (tertiary/aromatic N) is 4. The Labute approximate surface area is 156 Å². The molecule has 1 amide bonds. The predicted molar refractivity (Wildman–Crippen MR) is 100 cm³/mol. The molecule has 0 aliphatic rings. The van der Waals surface area contributed by atoms with Crippen molar-refractivity contribution in [2.45, 2.75) is 6.54 Å². The second kappa shape index (κ2) is 8.61. The SMILES string of the molecule is COc1ccc(/C=N/n2nnc(C(=O)NCc3ccccc3)c2OC)cc1. The maximum atomic E-state index is 12.4. The fourth-order valence-corrected chi connectivity index (χ4v) is 2.33. The van der Waals surface area contributed by atoms with Crippen LogP contribution in [0.5, 0.6) is 11.6 Å². The lowest BCUT2D eigenvalue weighted by Crippen LogP contribution is -2.23. The summed E-state index contributed by atoms with van der Waals surface area (Å²) in [5.41, 5.74) is 1.89. The van der Waals surface area contributed by atoms with Crippen LogP contribution in [0.2, 0.25) is 0 Å². The molecule has 1 N–H and O–H groups in total. The summed E-state index contributed by atoms with van der Waals surface area (Å²) in [7, 11) is 3.04. The Bertz CT molecular complexity index is 920. The van der Waals surface area contributed by atoms with E-state index < -0.39 is 0 Å². The minimum absolute atomic E-state index is 0.0697. The van der Waals surface area contributed by atoms with Crippen molar-refractivity contribution >= 4 is 12.1 Å². The molecule has 3 aromatic rings. The number of methoxy groups -OCH3 is 2. The molecule has 0 aliphatic carbocycles. The van der Waals surface area contributed by atoms with Crippen molar-refractivity contribution < 1.29 is 14.3 Å². The molecule has 0 bridgehead atoms. The molecule has 0 atom stereocenters. The Hall–Kier alpha value is -3.68. The van der Waals surface area contributed by atoms with E-state index in [4.69, 9.17) is 9.47 Å². The summed E-state index contributed by atoms with van der Waals surface area (Å²) >= 11 is 0. The van der Waals surface area contributed by atoms with Crippen molar-refractivity contribution in [3.63, 3.8) is 0 Å². The van der Waals surface area contributed by atoms with Crippen LogP contribution in [0.15, 0.2) is 59.7 Å². The van der Waals surface area contributed by atoms with E-state index in [-0.39, 0.29) is 17.5 Å². The lowest BCUT2D eigenvalue weighted by molar-refractivity contribution is 0.0942. The number of rotatable bonds is 7. The van der Waals surface area contributed by atoms with Crippen LogP contribution in [0.1, 0.15) is 21.6 Å². The van der Waals surface area contributed by atoms with Gasteiger partial charge in [0.1, 0.15) is 5.75 Å². The molecule has 0 fully saturated rings. The van der Waals surface area contributed by atoms with Gasteiger partial charge in [-0.15, -0.1) is 5.10 Å². The van der Waals surface area contributed by atoms with Crippen LogP contribution in [-0.4, -0.2) is 41.4 Å². The first kappa shape index (κ1) is 18.1. The summed E-state index contributed by atoms with van der Waals surface area (Å²) < 4.78 is 10.4. The van der Waals surface area contributed by atoms with E-state index in [1.165, 1.54) is 11.9 Å². The van der Waals surface area contributed by atoms with E-state index in [1.54, 1.807) is 13.3 Å². The van der Waals surface area contributed by atoms with Crippen LogP contribution < -0.4 is 14.8 Å². The molecule has 1 aromatic heterocycles. The summed E-state index contributed by atoms with van der Waals surface area (Å²) in [6, 6.07) is 16.9. The molecular weight excluding hydrogens is 346 g/mol. The number of amides is 1. The number of aromatic nitrogens is 3. The number of benzene rings is 2. The molecule has 0 aliphatic heterocycles. The molecule has 0 saturated carbocycles. The predicted octanol–water partition coefficient (Wildman–Crippen LogP) is 2.11. The van der Waals surface area contributed by atoms with Gasteiger partial charge in [-0.2, -0.15) is 5.10 Å². The second-order valence-electron chi connectivity index (χ2n) is 5.52. The average Bonchev–Trinajstić information content (AvgIpc) is 3.14. The van der Waals surface area contributed by atoms with E-state index >= 15 is 0 Å². The Morgan fingerprint density at radius 1 is 1.11 bits per heavy atom. The van der Waals surface area contributed by atoms with Crippen molar-refractivity contribution in [3.8, 4) is 11.6 Å². The standard InChI is InChI=1S/C19H19N5O3/c1-26-16-10-8-15(9-11-16)13-21-24-19(27-2)17(22-23-24)18(25)20-12-14-6-4-3-5-7-14/h3-11,13H,12H2,1-2H3,(H,20,25)/b21-13+. The van der Waals surface area contributed by atoms with Crippen LogP contribution in [0.3, 0.4) is 0 Å². The van der Waals surface area contributed by atoms with Crippen molar-refractivity contribution in [2.24, 2.45) is 5.10 Å². The number of carbonyl (C=O) groups is 1. The van der Waals surface area contributed by atoms with Gasteiger partial charge in [-0.25, -0.2) is 0 Å². The van der Waals surface area contributed by atoms with Gasteiger partial charge in [-0.1, -0.05) is 35.1 Å². The summed E-state index contributed by atoms with van der Waals surface area (Å²) in [4.78, 5) is 13.6.